The van der Waals surface area contributed by atoms with Crippen LogP contribution in [0.5, 0.6) is 0 Å². The highest BCUT2D eigenvalue weighted by atomic mass is 28.4. The van der Waals surface area contributed by atoms with Crippen LogP contribution in [0.3, 0.4) is 0 Å². The van der Waals surface area contributed by atoms with Gasteiger partial charge in [-0.25, -0.2) is 0 Å². The lowest BCUT2D eigenvalue weighted by molar-refractivity contribution is 0.346. The molecule has 0 bridgehead atoms. The molecule has 0 spiro atoms. The van der Waals surface area contributed by atoms with E-state index in [2.05, 4.69) is 265 Å². The summed E-state index contributed by atoms with van der Waals surface area (Å²) in [6, 6.07) is 64.5. The molecule has 7 aromatic rings. The fourth-order valence-corrected chi connectivity index (χ4v) is 19.1. The van der Waals surface area contributed by atoms with Gasteiger partial charge in [0.05, 0.1) is 0 Å². The minimum absolute atomic E-state index is 0.250. The zero-order valence-corrected chi connectivity index (χ0v) is 49.4. The van der Waals surface area contributed by atoms with Crippen LogP contribution >= 0.6 is 0 Å². The Balaban J connectivity index is 0.000000188. The fraction of sp³-hybridized carbons (Fsp3) is 0.391. The van der Waals surface area contributed by atoms with E-state index < -0.39 is 16.6 Å². The van der Waals surface area contributed by atoms with Gasteiger partial charge in [0.15, 0.2) is 16.6 Å². The van der Waals surface area contributed by atoms with E-state index in [1.165, 1.54) is 148 Å². The minimum Gasteiger partial charge on any atom is -0.455 e. The fourth-order valence-electron chi connectivity index (χ4n) is 10.2. The van der Waals surface area contributed by atoms with Crippen LogP contribution in [-0.2, 0) is 27.8 Å². The molecule has 1 aliphatic rings. The van der Waals surface area contributed by atoms with Crippen molar-refractivity contribution < 1.29 is 4.12 Å². The summed E-state index contributed by atoms with van der Waals surface area (Å²) in [7, 11) is -3.18. The van der Waals surface area contributed by atoms with Crippen molar-refractivity contribution in [3.63, 3.8) is 0 Å². The summed E-state index contributed by atoms with van der Waals surface area (Å²) in [5.41, 5.74) is 20.0. The van der Waals surface area contributed by atoms with E-state index in [4.69, 9.17) is 4.12 Å². The molecular formula is C69H92OSi2. The van der Waals surface area contributed by atoms with E-state index in [1.54, 1.807) is 0 Å². The summed E-state index contributed by atoms with van der Waals surface area (Å²) >= 11 is 0. The summed E-state index contributed by atoms with van der Waals surface area (Å²) < 4.78 is 6.84. The molecule has 0 N–H and O–H groups in total. The molecule has 0 amide bonds. The van der Waals surface area contributed by atoms with Gasteiger partial charge in [-0.1, -0.05) is 238 Å². The third-order valence-corrected chi connectivity index (χ3v) is 22.3. The van der Waals surface area contributed by atoms with Gasteiger partial charge >= 0.3 is 0 Å². The topological polar surface area (TPSA) is 9.23 Å². The maximum absolute atomic E-state index is 6.84. The van der Waals surface area contributed by atoms with E-state index in [1.807, 2.05) is 0 Å². The van der Waals surface area contributed by atoms with E-state index >= 15 is 0 Å². The number of hydrogen-bond donors (Lipinski definition) is 0. The van der Waals surface area contributed by atoms with Crippen molar-refractivity contribution in [2.75, 3.05) is 0 Å². The second-order valence-corrected chi connectivity index (χ2v) is 32.3. The molecular weight excluding hydrogens is 901 g/mol. The van der Waals surface area contributed by atoms with Gasteiger partial charge in [0.25, 0.3) is 0 Å². The molecule has 0 aliphatic heterocycles. The summed E-state index contributed by atoms with van der Waals surface area (Å²) in [5.74, 6) is 0. The molecule has 0 heterocycles. The van der Waals surface area contributed by atoms with Crippen LogP contribution in [0.2, 0.25) is 38.3 Å². The average Bonchev–Trinajstić information content (AvgIpc) is 3.34. The molecule has 1 aliphatic carbocycles. The van der Waals surface area contributed by atoms with Gasteiger partial charge < -0.3 is 4.12 Å². The molecule has 0 aromatic heterocycles. The lowest BCUT2D eigenvalue weighted by Crippen LogP contribution is -2.44. The van der Waals surface area contributed by atoms with Crippen LogP contribution < -0.4 is 0 Å². The molecule has 72 heavy (non-hydrogen) atoms. The molecule has 0 unspecified atom stereocenters. The molecule has 382 valence electrons. The Labute approximate surface area is 442 Å². The Morgan fingerprint density at radius 2 is 0.722 bits per heavy atom. The van der Waals surface area contributed by atoms with Crippen molar-refractivity contribution in [1.82, 2.24) is 0 Å². The normalized spacial score (nSPS) is 13.4. The Hall–Kier alpha value is -5.07. The molecule has 0 radical (unpaired) electrons. The van der Waals surface area contributed by atoms with Crippen molar-refractivity contribution >= 4 is 16.6 Å². The quantitative estimate of drug-likeness (QED) is 0.105. The number of aryl methyl sites for hydroxylation is 9. The second-order valence-electron chi connectivity index (χ2n) is 23.4. The molecule has 1 nitrogen and oxygen atoms in total. The standard InChI is InChI=1S/C24H38OSi2.C20H24.C14H14.C11H16/c1-21-13-7-9-15-23(21)17-11-19-26(3,4)25-27(5,6)20-12-18-24-16-10-8-14-22(24)2;1-16-6-10-18(11-7-16)20(14-4-3-5-15-20)19-12-8-17(2)9-13-19;1-11-3-7-13(8-4-11)14-9-5-12(2)6-10-14;1-9-5-7-10(8-6-9)11(2,3)4/h7-10,13-16H,11-12,17-20H2,1-6H3;6-13H,3-5,14-15H2,1-2H3;3-10H,1-2H3;5-8H,1-4H3. The van der Waals surface area contributed by atoms with E-state index in [9.17, 15) is 0 Å². The van der Waals surface area contributed by atoms with E-state index in [0.717, 1.165) is 0 Å². The Morgan fingerprint density at radius 3 is 1.06 bits per heavy atom. The van der Waals surface area contributed by atoms with Gasteiger partial charge in [-0.15, -0.1) is 0 Å². The summed E-state index contributed by atoms with van der Waals surface area (Å²) in [6.45, 7) is 31.5. The SMILES string of the molecule is Cc1ccc(-c2ccc(C)cc2)cc1.Cc1ccc(C(C)(C)C)cc1.Cc1ccc(C2(c3ccc(C)cc3)CCCCC2)cc1.Cc1ccccc1CCC[Si](C)(C)O[Si](C)(C)CCCc1ccccc1C. The van der Waals surface area contributed by atoms with Crippen molar-refractivity contribution in [1.29, 1.82) is 0 Å². The molecule has 1 saturated carbocycles. The Morgan fingerprint density at radius 1 is 0.403 bits per heavy atom. The van der Waals surface area contributed by atoms with Crippen molar-refractivity contribution in [2.45, 2.75) is 176 Å². The summed E-state index contributed by atoms with van der Waals surface area (Å²) in [6.07, 6.45) is 11.5. The van der Waals surface area contributed by atoms with Crippen LogP contribution in [-0.4, -0.2) is 16.6 Å². The highest BCUT2D eigenvalue weighted by Gasteiger charge is 2.35. The number of benzene rings is 7. The molecule has 3 heteroatoms. The second kappa shape index (κ2) is 27.3. The zero-order valence-electron chi connectivity index (χ0n) is 47.4. The Bertz CT molecular complexity index is 2490. The van der Waals surface area contributed by atoms with Gasteiger partial charge in [-0.3, -0.25) is 0 Å². The molecule has 8 rings (SSSR count). The largest absolute Gasteiger partial charge is 0.455 e. The van der Waals surface area contributed by atoms with Crippen LogP contribution in [0.4, 0.5) is 0 Å². The van der Waals surface area contributed by atoms with Gasteiger partial charge in [0.2, 0.25) is 0 Å². The molecule has 0 saturated heterocycles. The van der Waals surface area contributed by atoms with Gasteiger partial charge in [-0.2, -0.15) is 0 Å². The third-order valence-electron chi connectivity index (χ3n) is 14.8. The lowest BCUT2D eigenvalue weighted by Gasteiger charge is -2.38. The van der Waals surface area contributed by atoms with Gasteiger partial charge in [0, 0.05) is 5.41 Å². The maximum atomic E-state index is 6.84. The molecule has 0 atom stereocenters. The third kappa shape index (κ3) is 18.8. The minimum atomic E-state index is -1.59. The summed E-state index contributed by atoms with van der Waals surface area (Å²) in [5, 5.41) is 0. The van der Waals surface area contributed by atoms with Crippen LogP contribution in [0.25, 0.3) is 11.1 Å². The first kappa shape index (κ1) is 57.8. The molecule has 7 aromatic carbocycles. The van der Waals surface area contributed by atoms with Crippen LogP contribution in [0.15, 0.2) is 170 Å². The first-order valence-corrected chi connectivity index (χ1v) is 33.5. The van der Waals surface area contributed by atoms with Crippen LogP contribution in [0.1, 0.15) is 132 Å². The highest BCUT2D eigenvalue weighted by molar-refractivity contribution is 6.84. The van der Waals surface area contributed by atoms with Gasteiger partial charge in [-0.05, 0) is 181 Å². The average molecular weight is 994 g/mol. The zero-order chi connectivity index (χ0) is 52.4. The maximum Gasteiger partial charge on any atom is 0.173 e. The van der Waals surface area contributed by atoms with E-state index in [0.29, 0.717) is 0 Å². The Kier molecular flexibility index (Phi) is 21.9. The van der Waals surface area contributed by atoms with E-state index in [-0.39, 0.29) is 10.8 Å². The van der Waals surface area contributed by atoms with Crippen molar-refractivity contribution in [2.24, 2.45) is 0 Å². The predicted molar refractivity (Wildman–Crippen MR) is 322 cm³/mol. The first-order valence-electron chi connectivity index (χ1n) is 27.3. The smallest absolute Gasteiger partial charge is 0.173 e. The first-order chi connectivity index (χ1) is 34.1. The summed E-state index contributed by atoms with van der Waals surface area (Å²) in [4.78, 5) is 0. The highest BCUT2D eigenvalue weighted by Crippen LogP contribution is 2.45. The van der Waals surface area contributed by atoms with Crippen molar-refractivity contribution in [3.8, 4) is 11.1 Å². The number of rotatable bonds is 13. The predicted octanol–water partition coefficient (Wildman–Crippen LogP) is 20.1. The van der Waals surface area contributed by atoms with Crippen molar-refractivity contribution in [3.05, 3.63) is 237 Å². The number of hydrogen-bond acceptors (Lipinski definition) is 1. The molecule has 1 fully saturated rings. The van der Waals surface area contributed by atoms with Crippen LogP contribution in [0, 0.1) is 48.5 Å². The monoisotopic (exact) mass is 993 g/mol. The lowest BCUT2D eigenvalue weighted by atomic mass is 9.65. The van der Waals surface area contributed by atoms with Gasteiger partial charge in [0.1, 0.15) is 0 Å².